The molecule has 3 rings (SSSR count). The third kappa shape index (κ3) is 1.81. The molecule has 1 saturated carbocycles. The summed E-state index contributed by atoms with van der Waals surface area (Å²) in [6, 6.07) is 0. The van der Waals surface area contributed by atoms with Crippen molar-refractivity contribution >= 4 is 0 Å². The van der Waals surface area contributed by atoms with Crippen LogP contribution in [0.3, 0.4) is 0 Å². The highest BCUT2D eigenvalue weighted by Crippen LogP contribution is 2.48. The number of hydrogen-bond donors (Lipinski definition) is 0. The Balaban J connectivity index is 1.47. The molecule has 1 aliphatic carbocycles. The highest BCUT2D eigenvalue weighted by Gasteiger charge is 2.50. The molecule has 0 N–H and O–H groups in total. The molecule has 2 heterocycles. The lowest BCUT2D eigenvalue weighted by Gasteiger charge is -2.25. The van der Waals surface area contributed by atoms with E-state index in [1.54, 1.807) is 0 Å². The molecule has 2 aliphatic heterocycles. The minimum Gasteiger partial charge on any atom is -0.372 e. The van der Waals surface area contributed by atoms with Gasteiger partial charge in [-0.05, 0) is 32.1 Å². The van der Waals surface area contributed by atoms with Crippen molar-refractivity contribution < 1.29 is 14.2 Å². The summed E-state index contributed by atoms with van der Waals surface area (Å²) < 4.78 is 17.2. The molecule has 3 fully saturated rings. The Morgan fingerprint density at radius 1 is 1.21 bits per heavy atom. The van der Waals surface area contributed by atoms with Crippen molar-refractivity contribution in [3.05, 3.63) is 0 Å². The van der Waals surface area contributed by atoms with Crippen molar-refractivity contribution in [1.82, 2.24) is 0 Å². The zero-order valence-electron chi connectivity index (χ0n) is 8.54. The second kappa shape index (κ2) is 3.47. The van der Waals surface area contributed by atoms with Gasteiger partial charge in [-0.1, -0.05) is 0 Å². The van der Waals surface area contributed by atoms with Crippen molar-refractivity contribution in [2.45, 2.75) is 56.5 Å². The van der Waals surface area contributed by atoms with Crippen molar-refractivity contribution in [3.63, 3.8) is 0 Å². The SMILES string of the molecule is C1CCC(OC2COC3(CC3)C2)OC1. The normalized spacial score (nSPS) is 40.3. The molecule has 3 nitrogen and oxygen atoms in total. The smallest absolute Gasteiger partial charge is 0.158 e. The molecule has 0 aromatic rings. The van der Waals surface area contributed by atoms with E-state index >= 15 is 0 Å². The molecule has 2 saturated heterocycles. The first kappa shape index (κ1) is 9.13. The highest BCUT2D eigenvalue weighted by molar-refractivity contribution is 5.01. The van der Waals surface area contributed by atoms with Gasteiger partial charge in [0.2, 0.25) is 0 Å². The Bertz CT molecular complexity index is 207. The van der Waals surface area contributed by atoms with E-state index < -0.39 is 0 Å². The zero-order chi connectivity index (χ0) is 9.43. The summed E-state index contributed by atoms with van der Waals surface area (Å²) in [7, 11) is 0. The molecule has 0 bridgehead atoms. The summed E-state index contributed by atoms with van der Waals surface area (Å²) in [6.45, 7) is 1.64. The first-order valence-corrected chi connectivity index (χ1v) is 5.77. The van der Waals surface area contributed by atoms with Crippen LogP contribution in [-0.2, 0) is 14.2 Å². The largest absolute Gasteiger partial charge is 0.372 e. The van der Waals surface area contributed by atoms with Crippen molar-refractivity contribution in [3.8, 4) is 0 Å². The summed E-state index contributed by atoms with van der Waals surface area (Å²) in [5.41, 5.74) is 0.235. The molecule has 1 spiro atoms. The number of ether oxygens (including phenoxy) is 3. The first-order valence-electron chi connectivity index (χ1n) is 5.77. The average Bonchev–Trinajstić information content (AvgIpc) is 2.84. The Morgan fingerprint density at radius 2 is 2.14 bits per heavy atom. The van der Waals surface area contributed by atoms with Crippen LogP contribution in [0.15, 0.2) is 0 Å². The van der Waals surface area contributed by atoms with Gasteiger partial charge in [0.05, 0.1) is 18.3 Å². The summed E-state index contributed by atoms with van der Waals surface area (Å²) in [5.74, 6) is 0. The minimum atomic E-state index is 0.0475. The second-order valence-corrected chi connectivity index (χ2v) is 4.75. The van der Waals surface area contributed by atoms with Gasteiger partial charge >= 0.3 is 0 Å². The van der Waals surface area contributed by atoms with Gasteiger partial charge in [-0.15, -0.1) is 0 Å². The van der Waals surface area contributed by atoms with E-state index in [4.69, 9.17) is 14.2 Å². The summed E-state index contributed by atoms with van der Waals surface area (Å²) in [5, 5.41) is 0. The van der Waals surface area contributed by atoms with Crippen LogP contribution in [-0.4, -0.2) is 31.2 Å². The quantitative estimate of drug-likeness (QED) is 0.677. The van der Waals surface area contributed by atoms with Crippen LogP contribution >= 0.6 is 0 Å². The summed E-state index contributed by atoms with van der Waals surface area (Å²) in [4.78, 5) is 0. The number of hydrogen-bond acceptors (Lipinski definition) is 3. The van der Waals surface area contributed by atoms with E-state index in [1.807, 2.05) is 0 Å². The van der Waals surface area contributed by atoms with E-state index in [0.717, 1.165) is 26.1 Å². The van der Waals surface area contributed by atoms with Crippen LogP contribution in [0.5, 0.6) is 0 Å². The molecule has 3 heteroatoms. The predicted molar refractivity (Wildman–Crippen MR) is 51.0 cm³/mol. The van der Waals surface area contributed by atoms with Crippen molar-refractivity contribution in [1.29, 1.82) is 0 Å². The molecule has 3 aliphatic rings. The van der Waals surface area contributed by atoms with Gasteiger partial charge in [0, 0.05) is 13.0 Å². The fourth-order valence-corrected chi connectivity index (χ4v) is 2.41. The molecule has 14 heavy (non-hydrogen) atoms. The van der Waals surface area contributed by atoms with Gasteiger partial charge in [-0.25, -0.2) is 0 Å². The monoisotopic (exact) mass is 198 g/mol. The van der Waals surface area contributed by atoms with Gasteiger partial charge in [0.25, 0.3) is 0 Å². The van der Waals surface area contributed by atoms with E-state index in [1.165, 1.54) is 25.7 Å². The molecule has 0 radical (unpaired) electrons. The average molecular weight is 198 g/mol. The zero-order valence-corrected chi connectivity index (χ0v) is 8.54. The molecule has 2 unspecified atom stereocenters. The van der Waals surface area contributed by atoms with E-state index in [9.17, 15) is 0 Å². The molecular formula is C11H18O3. The molecule has 0 aromatic carbocycles. The highest BCUT2D eigenvalue weighted by atomic mass is 16.7. The van der Waals surface area contributed by atoms with E-state index in [-0.39, 0.29) is 11.9 Å². The molecule has 2 atom stereocenters. The Hall–Kier alpha value is -0.120. The minimum absolute atomic E-state index is 0.0475. The van der Waals surface area contributed by atoms with Crippen LogP contribution in [0.25, 0.3) is 0 Å². The summed E-state index contributed by atoms with van der Waals surface area (Å²) in [6.07, 6.45) is 7.38. The lowest BCUT2D eigenvalue weighted by atomic mass is 10.2. The van der Waals surface area contributed by atoms with Gasteiger partial charge in [0.15, 0.2) is 6.29 Å². The lowest BCUT2D eigenvalue weighted by Crippen LogP contribution is -2.28. The van der Waals surface area contributed by atoms with Gasteiger partial charge in [-0.2, -0.15) is 0 Å². The third-order valence-corrected chi connectivity index (χ3v) is 3.46. The standard InChI is InChI=1S/C11H18O3/c1-2-6-12-10(3-1)14-9-7-11(4-5-11)13-8-9/h9-10H,1-8H2. The lowest BCUT2D eigenvalue weighted by molar-refractivity contribution is -0.186. The maximum Gasteiger partial charge on any atom is 0.158 e. The second-order valence-electron chi connectivity index (χ2n) is 4.75. The van der Waals surface area contributed by atoms with Gasteiger partial charge in [0.1, 0.15) is 0 Å². The van der Waals surface area contributed by atoms with Crippen molar-refractivity contribution in [2.24, 2.45) is 0 Å². The predicted octanol–water partition coefficient (Wildman–Crippen LogP) is 1.85. The number of rotatable bonds is 2. The van der Waals surface area contributed by atoms with Crippen LogP contribution in [0, 0.1) is 0 Å². The summed E-state index contributed by atoms with van der Waals surface area (Å²) >= 11 is 0. The molecule has 80 valence electrons. The van der Waals surface area contributed by atoms with E-state index in [0.29, 0.717) is 6.10 Å². The molecule has 0 aromatic heterocycles. The van der Waals surface area contributed by atoms with Crippen LogP contribution in [0.1, 0.15) is 38.5 Å². The van der Waals surface area contributed by atoms with Crippen LogP contribution in [0.2, 0.25) is 0 Å². The van der Waals surface area contributed by atoms with Crippen LogP contribution < -0.4 is 0 Å². The van der Waals surface area contributed by atoms with Crippen LogP contribution in [0.4, 0.5) is 0 Å². The fourth-order valence-electron chi connectivity index (χ4n) is 2.41. The van der Waals surface area contributed by atoms with Gasteiger partial charge in [-0.3, -0.25) is 0 Å². The fraction of sp³-hybridized carbons (Fsp3) is 1.00. The van der Waals surface area contributed by atoms with Gasteiger partial charge < -0.3 is 14.2 Å². The van der Waals surface area contributed by atoms with Crippen molar-refractivity contribution in [2.75, 3.05) is 13.2 Å². The topological polar surface area (TPSA) is 27.7 Å². The Labute approximate surface area is 84.7 Å². The first-order chi connectivity index (χ1) is 6.86. The van der Waals surface area contributed by atoms with E-state index in [2.05, 4.69) is 0 Å². The Morgan fingerprint density at radius 3 is 2.79 bits per heavy atom. The molecular weight excluding hydrogens is 180 g/mol. The Kier molecular flexibility index (Phi) is 2.26. The third-order valence-electron chi connectivity index (χ3n) is 3.46. The maximum absolute atomic E-state index is 5.88. The molecule has 0 amide bonds. The maximum atomic E-state index is 5.88.